The lowest BCUT2D eigenvalue weighted by Crippen LogP contribution is -2.16. The molecule has 1 aromatic rings. The number of anilines is 1. The zero-order valence-electron chi connectivity index (χ0n) is 8.67. The molecule has 0 bridgehead atoms. The highest BCUT2D eigenvalue weighted by atomic mass is 15.1. The summed E-state index contributed by atoms with van der Waals surface area (Å²) >= 11 is 0. The Bertz CT molecular complexity index is 216. The van der Waals surface area contributed by atoms with Crippen LogP contribution in [0.1, 0.15) is 33.6 Å². The van der Waals surface area contributed by atoms with Gasteiger partial charge in [-0.05, 0) is 25.7 Å². The second-order valence-electron chi connectivity index (χ2n) is 3.95. The Kier molecular flexibility index (Phi) is 3.80. The maximum absolute atomic E-state index is 4.12. The Labute approximate surface area is 80.0 Å². The fraction of sp³-hybridized carbons (Fsp3) is 0.700. The van der Waals surface area contributed by atoms with Gasteiger partial charge in [-0.1, -0.05) is 13.8 Å². The average Bonchev–Trinajstić information content (AvgIpc) is 2.53. The van der Waals surface area contributed by atoms with Crippen LogP contribution in [0.5, 0.6) is 0 Å². The number of H-pyrrole nitrogens is 1. The minimum atomic E-state index is 0.494. The summed E-state index contributed by atoms with van der Waals surface area (Å²) in [5.74, 6) is 1.65. The maximum atomic E-state index is 4.12. The molecule has 1 atom stereocenters. The van der Waals surface area contributed by atoms with Crippen LogP contribution in [0.15, 0.2) is 12.4 Å². The van der Waals surface area contributed by atoms with Gasteiger partial charge in [0.2, 0.25) is 0 Å². The van der Waals surface area contributed by atoms with Crippen molar-refractivity contribution in [1.29, 1.82) is 0 Å². The van der Waals surface area contributed by atoms with Crippen LogP contribution in [-0.4, -0.2) is 16.0 Å². The number of imidazole rings is 1. The number of aromatic nitrogens is 2. The first-order valence-corrected chi connectivity index (χ1v) is 4.94. The van der Waals surface area contributed by atoms with Crippen LogP contribution in [0.4, 0.5) is 5.95 Å². The summed E-state index contributed by atoms with van der Waals surface area (Å²) in [6, 6.07) is 0.494. The second-order valence-corrected chi connectivity index (χ2v) is 3.95. The standard InChI is InChI=1S/C10H19N3/c1-8(2)4-5-9(3)13-10-11-6-7-12-10/h6-9H,4-5H2,1-3H3,(H2,11,12,13). The van der Waals surface area contributed by atoms with E-state index in [1.165, 1.54) is 12.8 Å². The van der Waals surface area contributed by atoms with E-state index in [0.717, 1.165) is 11.9 Å². The van der Waals surface area contributed by atoms with Gasteiger partial charge < -0.3 is 10.3 Å². The maximum Gasteiger partial charge on any atom is 0.200 e. The molecule has 0 spiro atoms. The molecule has 0 aromatic carbocycles. The molecule has 1 heterocycles. The summed E-state index contributed by atoms with van der Waals surface area (Å²) in [5.41, 5.74) is 0. The number of nitrogens with zero attached hydrogens (tertiary/aromatic N) is 1. The Morgan fingerprint density at radius 2 is 2.15 bits per heavy atom. The highest BCUT2D eigenvalue weighted by Crippen LogP contribution is 2.09. The summed E-state index contributed by atoms with van der Waals surface area (Å²) in [5, 5.41) is 3.31. The van der Waals surface area contributed by atoms with Crippen molar-refractivity contribution < 1.29 is 0 Å². The highest BCUT2D eigenvalue weighted by molar-refractivity contribution is 5.23. The van der Waals surface area contributed by atoms with Crippen LogP contribution in [0.3, 0.4) is 0 Å². The van der Waals surface area contributed by atoms with Crippen LogP contribution in [-0.2, 0) is 0 Å². The molecular weight excluding hydrogens is 162 g/mol. The van der Waals surface area contributed by atoms with Crippen molar-refractivity contribution in [2.45, 2.75) is 39.7 Å². The van der Waals surface area contributed by atoms with E-state index in [9.17, 15) is 0 Å². The molecular formula is C10H19N3. The van der Waals surface area contributed by atoms with Gasteiger partial charge >= 0.3 is 0 Å². The van der Waals surface area contributed by atoms with E-state index in [-0.39, 0.29) is 0 Å². The highest BCUT2D eigenvalue weighted by Gasteiger charge is 2.04. The molecule has 2 N–H and O–H groups in total. The first-order chi connectivity index (χ1) is 6.18. The molecule has 0 aliphatic rings. The first-order valence-electron chi connectivity index (χ1n) is 4.94. The van der Waals surface area contributed by atoms with Crippen LogP contribution in [0.2, 0.25) is 0 Å². The number of nitrogens with one attached hydrogen (secondary N) is 2. The van der Waals surface area contributed by atoms with E-state index in [1.54, 1.807) is 6.20 Å². The fourth-order valence-electron chi connectivity index (χ4n) is 1.23. The van der Waals surface area contributed by atoms with E-state index in [2.05, 4.69) is 36.1 Å². The van der Waals surface area contributed by atoms with E-state index in [1.807, 2.05) is 6.20 Å². The summed E-state index contributed by atoms with van der Waals surface area (Å²) in [4.78, 5) is 7.15. The molecule has 3 nitrogen and oxygen atoms in total. The van der Waals surface area contributed by atoms with E-state index in [0.29, 0.717) is 6.04 Å². The van der Waals surface area contributed by atoms with Crippen molar-refractivity contribution in [3.05, 3.63) is 12.4 Å². The van der Waals surface area contributed by atoms with Crippen molar-refractivity contribution in [2.24, 2.45) is 5.92 Å². The lowest BCUT2D eigenvalue weighted by Gasteiger charge is -2.13. The van der Waals surface area contributed by atoms with Crippen molar-refractivity contribution in [2.75, 3.05) is 5.32 Å². The van der Waals surface area contributed by atoms with Gasteiger partial charge in [-0.3, -0.25) is 0 Å². The SMILES string of the molecule is CC(C)CCC(C)Nc1ncc[nH]1. The van der Waals surface area contributed by atoms with Gasteiger partial charge in [0.05, 0.1) is 0 Å². The van der Waals surface area contributed by atoms with Crippen molar-refractivity contribution >= 4 is 5.95 Å². The monoisotopic (exact) mass is 181 g/mol. The number of hydrogen-bond acceptors (Lipinski definition) is 2. The fourth-order valence-corrected chi connectivity index (χ4v) is 1.23. The molecule has 0 saturated heterocycles. The summed E-state index contributed by atoms with van der Waals surface area (Å²) in [6.07, 6.45) is 6.04. The minimum absolute atomic E-state index is 0.494. The largest absolute Gasteiger partial charge is 0.353 e. The molecule has 13 heavy (non-hydrogen) atoms. The molecule has 1 aromatic heterocycles. The zero-order chi connectivity index (χ0) is 9.68. The Morgan fingerprint density at radius 3 is 2.69 bits per heavy atom. The second kappa shape index (κ2) is 4.90. The van der Waals surface area contributed by atoms with Crippen molar-refractivity contribution in [3.8, 4) is 0 Å². The number of rotatable bonds is 5. The summed E-state index contributed by atoms with van der Waals surface area (Å²) in [6.45, 7) is 6.68. The molecule has 1 unspecified atom stereocenters. The minimum Gasteiger partial charge on any atom is -0.353 e. The predicted molar refractivity (Wildman–Crippen MR) is 55.7 cm³/mol. The quantitative estimate of drug-likeness (QED) is 0.733. The normalized spacial score (nSPS) is 13.2. The van der Waals surface area contributed by atoms with E-state index < -0.39 is 0 Å². The smallest absolute Gasteiger partial charge is 0.200 e. The molecule has 0 saturated carbocycles. The lowest BCUT2D eigenvalue weighted by molar-refractivity contribution is 0.526. The molecule has 0 radical (unpaired) electrons. The Hall–Kier alpha value is -0.990. The van der Waals surface area contributed by atoms with Crippen LogP contribution in [0, 0.1) is 5.92 Å². The van der Waals surface area contributed by atoms with E-state index in [4.69, 9.17) is 0 Å². The van der Waals surface area contributed by atoms with Gasteiger partial charge in [-0.15, -0.1) is 0 Å². The molecule has 3 heteroatoms. The topological polar surface area (TPSA) is 40.7 Å². The van der Waals surface area contributed by atoms with E-state index >= 15 is 0 Å². The zero-order valence-corrected chi connectivity index (χ0v) is 8.67. The van der Waals surface area contributed by atoms with Gasteiger partial charge in [0, 0.05) is 18.4 Å². The Balaban J connectivity index is 2.22. The lowest BCUT2D eigenvalue weighted by atomic mass is 10.0. The van der Waals surface area contributed by atoms with Gasteiger partial charge in [0.25, 0.3) is 0 Å². The Morgan fingerprint density at radius 1 is 1.38 bits per heavy atom. The number of aromatic amines is 1. The molecule has 74 valence electrons. The van der Waals surface area contributed by atoms with Crippen molar-refractivity contribution in [3.63, 3.8) is 0 Å². The van der Waals surface area contributed by atoms with Gasteiger partial charge in [-0.25, -0.2) is 4.98 Å². The van der Waals surface area contributed by atoms with Gasteiger partial charge in [0.1, 0.15) is 0 Å². The molecule has 0 aliphatic heterocycles. The third-order valence-corrected chi connectivity index (χ3v) is 2.06. The van der Waals surface area contributed by atoms with Crippen LogP contribution < -0.4 is 5.32 Å². The van der Waals surface area contributed by atoms with Crippen LogP contribution in [0.25, 0.3) is 0 Å². The third-order valence-electron chi connectivity index (χ3n) is 2.06. The number of hydrogen-bond donors (Lipinski definition) is 2. The summed E-state index contributed by atoms with van der Waals surface area (Å²) in [7, 11) is 0. The van der Waals surface area contributed by atoms with Gasteiger partial charge in [0.15, 0.2) is 5.95 Å². The molecule has 1 rings (SSSR count). The predicted octanol–water partition coefficient (Wildman–Crippen LogP) is 2.65. The third kappa shape index (κ3) is 3.97. The summed E-state index contributed by atoms with van der Waals surface area (Å²) < 4.78 is 0. The molecule has 0 aliphatic carbocycles. The van der Waals surface area contributed by atoms with Gasteiger partial charge in [-0.2, -0.15) is 0 Å². The first kappa shape index (κ1) is 10.1. The van der Waals surface area contributed by atoms with Crippen LogP contribution >= 0.6 is 0 Å². The molecule has 0 amide bonds. The van der Waals surface area contributed by atoms with Crippen molar-refractivity contribution in [1.82, 2.24) is 9.97 Å². The average molecular weight is 181 g/mol. The molecule has 0 fully saturated rings.